The van der Waals surface area contributed by atoms with Gasteiger partial charge in [0, 0.05) is 16.9 Å². The van der Waals surface area contributed by atoms with Gasteiger partial charge in [-0.05, 0) is 49.4 Å². The minimum atomic E-state index is -0.0425. The Labute approximate surface area is 177 Å². The van der Waals surface area contributed by atoms with E-state index in [4.69, 9.17) is 28.9 Å². The molecule has 150 valence electrons. The number of benzene rings is 3. The van der Waals surface area contributed by atoms with E-state index < -0.39 is 0 Å². The first kappa shape index (κ1) is 20.5. The Kier molecular flexibility index (Phi) is 5.96. The van der Waals surface area contributed by atoms with Crippen LogP contribution in [0.1, 0.15) is 12.5 Å². The van der Waals surface area contributed by atoms with Crippen LogP contribution in [-0.4, -0.2) is 15.3 Å². The summed E-state index contributed by atoms with van der Waals surface area (Å²) >= 11 is 11.9. The molecule has 0 fully saturated rings. The van der Waals surface area contributed by atoms with E-state index in [-0.39, 0.29) is 27.3 Å². The van der Waals surface area contributed by atoms with Crippen LogP contribution in [0.2, 0.25) is 10.0 Å². The van der Waals surface area contributed by atoms with Crippen molar-refractivity contribution >= 4 is 57.7 Å². The van der Waals surface area contributed by atoms with Crippen molar-refractivity contribution in [3.05, 3.63) is 64.1 Å². The van der Waals surface area contributed by atoms with Gasteiger partial charge in [0.05, 0.1) is 27.1 Å². The molecular formula is C21H19Cl2N3O3. The van der Waals surface area contributed by atoms with Crippen LogP contribution in [0.25, 0.3) is 6.08 Å². The zero-order valence-electron chi connectivity index (χ0n) is 15.4. The molecule has 6 nitrogen and oxygen atoms in total. The fraction of sp³-hybridized carbons (Fsp3) is 0.0476. The van der Waals surface area contributed by atoms with Crippen molar-refractivity contribution in [3.63, 3.8) is 0 Å². The zero-order valence-corrected chi connectivity index (χ0v) is 16.9. The summed E-state index contributed by atoms with van der Waals surface area (Å²) in [5, 5.41) is 36.5. The van der Waals surface area contributed by atoms with Gasteiger partial charge in [-0.1, -0.05) is 35.4 Å². The summed E-state index contributed by atoms with van der Waals surface area (Å²) in [6, 6.07) is 10.9. The number of hydrogen-bond acceptors (Lipinski definition) is 6. The summed E-state index contributed by atoms with van der Waals surface area (Å²) in [7, 11) is 0. The molecule has 3 aromatic carbocycles. The number of halogens is 2. The Bertz CT molecular complexity index is 1020. The van der Waals surface area contributed by atoms with E-state index in [1.165, 1.54) is 18.2 Å². The molecule has 7 N–H and O–H groups in total. The van der Waals surface area contributed by atoms with Crippen LogP contribution in [0.15, 0.2) is 48.5 Å². The Morgan fingerprint density at radius 1 is 0.828 bits per heavy atom. The number of allylic oxidation sites excluding steroid dienone is 1. The van der Waals surface area contributed by atoms with Gasteiger partial charge in [0.2, 0.25) is 0 Å². The van der Waals surface area contributed by atoms with Crippen LogP contribution in [-0.2, 0) is 0 Å². The highest BCUT2D eigenvalue weighted by molar-refractivity contribution is 6.32. The molecular weight excluding hydrogens is 413 g/mol. The molecule has 0 unspecified atom stereocenters. The summed E-state index contributed by atoms with van der Waals surface area (Å²) < 4.78 is 0. The molecule has 0 aromatic heterocycles. The molecule has 3 aromatic rings. The molecule has 29 heavy (non-hydrogen) atoms. The number of phenolic OH excluding ortho intramolecular Hbond substituents is 3. The largest absolute Gasteiger partial charge is 0.506 e. The summed E-state index contributed by atoms with van der Waals surface area (Å²) in [4.78, 5) is 0. The number of nitrogen functional groups attached to an aromatic ring is 1. The molecule has 0 aliphatic carbocycles. The minimum absolute atomic E-state index is 0.0305. The van der Waals surface area contributed by atoms with Gasteiger partial charge in [0.1, 0.15) is 17.2 Å². The van der Waals surface area contributed by atoms with E-state index in [1.807, 2.05) is 6.92 Å². The molecule has 0 atom stereocenters. The summed E-state index contributed by atoms with van der Waals surface area (Å²) in [5.74, 6) is -0.115. The number of phenols is 3. The van der Waals surface area contributed by atoms with Crippen molar-refractivity contribution in [2.24, 2.45) is 0 Å². The second-order valence-electron chi connectivity index (χ2n) is 6.23. The van der Waals surface area contributed by atoms with Crippen LogP contribution in [0.5, 0.6) is 17.2 Å². The average molecular weight is 432 g/mol. The lowest BCUT2D eigenvalue weighted by Gasteiger charge is -2.18. The predicted octanol–water partition coefficient (Wildman–Crippen LogP) is 6.21. The number of nitrogens with two attached hydrogens (primary N) is 1. The van der Waals surface area contributed by atoms with Crippen LogP contribution >= 0.6 is 23.2 Å². The van der Waals surface area contributed by atoms with Crippen molar-refractivity contribution in [1.82, 2.24) is 0 Å². The highest BCUT2D eigenvalue weighted by Gasteiger charge is 2.15. The monoisotopic (exact) mass is 431 g/mol. The van der Waals surface area contributed by atoms with Gasteiger partial charge < -0.3 is 31.7 Å². The lowest BCUT2D eigenvalue weighted by molar-refractivity contribution is 0.475. The Hall–Kier alpha value is -3.22. The van der Waals surface area contributed by atoms with Gasteiger partial charge in [-0.3, -0.25) is 0 Å². The molecule has 0 amide bonds. The SMILES string of the molecule is C/C=C/c1c(N)c(Nc2ccc(O)c(Cl)c2)cc(Nc2ccc(O)c(Cl)c2)c1O. The van der Waals surface area contributed by atoms with Crippen molar-refractivity contribution in [2.75, 3.05) is 16.4 Å². The summed E-state index contributed by atoms with van der Waals surface area (Å²) in [5.41, 5.74) is 9.08. The molecule has 0 aliphatic rings. The van der Waals surface area contributed by atoms with Crippen LogP contribution < -0.4 is 16.4 Å². The first-order valence-corrected chi connectivity index (χ1v) is 9.35. The van der Waals surface area contributed by atoms with Gasteiger partial charge in [0.15, 0.2) is 0 Å². The molecule has 8 heteroatoms. The molecule has 0 radical (unpaired) electrons. The van der Waals surface area contributed by atoms with Gasteiger partial charge in [-0.2, -0.15) is 0 Å². The Morgan fingerprint density at radius 2 is 1.34 bits per heavy atom. The molecule has 0 saturated heterocycles. The number of nitrogens with one attached hydrogen (secondary N) is 2. The fourth-order valence-corrected chi connectivity index (χ4v) is 3.08. The quantitative estimate of drug-likeness (QED) is 0.162. The smallest absolute Gasteiger partial charge is 0.148 e. The number of rotatable bonds is 5. The van der Waals surface area contributed by atoms with Gasteiger partial charge in [0.25, 0.3) is 0 Å². The lowest BCUT2D eigenvalue weighted by Crippen LogP contribution is -2.02. The first-order chi connectivity index (χ1) is 13.8. The maximum Gasteiger partial charge on any atom is 0.148 e. The summed E-state index contributed by atoms with van der Waals surface area (Å²) in [6.07, 6.45) is 3.45. The van der Waals surface area contributed by atoms with E-state index in [2.05, 4.69) is 10.6 Å². The predicted molar refractivity (Wildman–Crippen MR) is 120 cm³/mol. The van der Waals surface area contributed by atoms with Crippen LogP contribution in [0.4, 0.5) is 28.4 Å². The normalized spacial score (nSPS) is 11.0. The highest BCUT2D eigenvalue weighted by Crippen LogP contribution is 2.42. The molecule has 0 bridgehead atoms. The van der Waals surface area contributed by atoms with E-state index >= 15 is 0 Å². The third kappa shape index (κ3) is 4.45. The van der Waals surface area contributed by atoms with Gasteiger partial charge in [-0.25, -0.2) is 0 Å². The fourth-order valence-electron chi connectivity index (χ4n) is 2.72. The third-order valence-corrected chi connectivity index (χ3v) is 4.77. The molecule has 3 rings (SSSR count). The van der Waals surface area contributed by atoms with E-state index in [0.717, 1.165) is 0 Å². The lowest BCUT2D eigenvalue weighted by atomic mass is 10.1. The Morgan fingerprint density at radius 3 is 1.83 bits per heavy atom. The molecule has 0 spiro atoms. The van der Waals surface area contributed by atoms with Crippen molar-refractivity contribution < 1.29 is 15.3 Å². The van der Waals surface area contributed by atoms with Crippen molar-refractivity contribution in [1.29, 1.82) is 0 Å². The summed E-state index contributed by atoms with van der Waals surface area (Å²) in [6.45, 7) is 1.81. The van der Waals surface area contributed by atoms with E-state index in [9.17, 15) is 15.3 Å². The standard InChI is InChI=1S/C21H19Cl2N3O3/c1-2-3-13-20(24)16(25-11-4-6-18(27)14(22)8-11)10-17(21(13)29)26-12-5-7-19(28)15(23)9-12/h2-10,25-29H,24H2,1H3/b3-2+. The van der Waals surface area contributed by atoms with E-state index in [0.29, 0.717) is 34.0 Å². The van der Waals surface area contributed by atoms with Gasteiger partial charge >= 0.3 is 0 Å². The number of aromatic hydroxyl groups is 3. The molecule has 0 saturated carbocycles. The van der Waals surface area contributed by atoms with Crippen LogP contribution in [0.3, 0.4) is 0 Å². The number of anilines is 5. The van der Waals surface area contributed by atoms with E-state index in [1.54, 1.807) is 36.4 Å². The maximum absolute atomic E-state index is 10.7. The van der Waals surface area contributed by atoms with Gasteiger partial charge in [-0.15, -0.1) is 0 Å². The minimum Gasteiger partial charge on any atom is -0.506 e. The maximum atomic E-state index is 10.7. The molecule has 0 heterocycles. The van der Waals surface area contributed by atoms with Crippen LogP contribution in [0, 0.1) is 0 Å². The first-order valence-electron chi connectivity index (χ1n) is 8.59. The highest BCUT2D eigenvalue weighted by atomic mass is 35.5. The van der Waals surface area contributed by atoms with Crippen molar-refractivity contribution in [2.45, 2.75) is 6.92 Å². The zero-order chi connectivity index (χ0) is 21.1. The molecule has 0 aliphatic heterocycles. The second-order valence-corrected chi connectivity index (χ2v) is 7.04. The second kappa shape index (κ2) is 8.43. The Balaban J connectivity index is 2.05. The topological polar surface area (TPSA) is 111 Å². The van der Waals surface area contributed by atoms with Crippen molar-refractivity contribution in [3.8, 4) is 17.2 Å². The number of hydrogen-bond donors (Lipinski definition) is 6. The third-order valence-electron chi connectivity index (χ3n) is 4.17. The average Bonchev–Trinajstić information content (AvgIpc) is 2.68.